The monoisotopic (exact) mass is 282 g/mol. The number of hydrogen-bond acceptors (Lipinski definition) is 4. The van der Waals surface area contributed by atoms with Gasteiger partial charge in [-0.15, -0.1) is 0 Å². The van der Waals surface area contributed by atoms with E-state index in [1.807, 2.05) is 0 Å². The average Bonchev–Trinajstić information content (AvgIpc) is 2.43. The number of rotatable bonds is 7. The minimum atomic E-state index is -0.362. The largest absolute Gasteiger partial charge is 0.409 e. The Morgan fingerprint density at radius 1 is 1.50 bits per heavy atom. The molecule has 6 heteroatoms. The van der Waals surface area contributed by atoms with Gasteiger partial charge in [-0.1, -0.05) is 17.3 Å². The Hall–Kier alpha value is -1.66. The maximum atomic E-state index is 13.8. The van der Waals surface area contributed by atoms with Gasteiger partial charge in [-0.3, -0.25) is 0 Å². The SMILES string of the molecule is CC(C)N(C)CCNCc1ccc(C(N)=NO)cc1F. The van der Waals surface area contributed by atoms with Crippen LogP contribution in [0.2, 0.25) is 0 Å². The summed E-state index contributed by atoms with van der Waals surface area (Å²) in [4.78, 5) is 2.21. The lowest BCUT2D eigenvalue weighted by Crippen LogP contribution is -2.33. The van der Waals surface area contributed by atoms with E-state index in [2.05, 4.69) is 36.3 Å². The van der Waals surface area contributed by atoms with Crippen molar-refractivity contribution in [2.75, 3.05) is 20.1 Å². The van der Waals surface area contributed by atoms with E-state index in [4.69, 9.17) is 10.9 Å². The van der Waals surface area contributed by atoms with Gasteiger partial charge in [0.15, 0.2) is 5.84 Å². The van der Waals surface area contributed by atoms with Crippen molar-refractivity contribution < 1.29 is 9.60 Å². The smallest absolute Gasteiger partial charge is 0.170 e. The molecule has 0 spiro atoms. The van der Waals surface area contributed by atoms with Crippen molar-refractivity contribution in [1.82, 2.24) is 10.2 Å². The summed E-state index contributed by atoms with van der Waals surface area (Å²) in [6, 6.07) is 5.04. The van der Waals surface area contributed by atoms with E-state index in [1.54, 1.807) is 12.1 Å². The fourth-order valence-electron chi connectivity index (χ4n) is 1.64. The van der Waals surface area contributed by atoms with Crippen molar-refractivity contribution in [2.45, 2.75) is 26.4 Å². The summed E-state index contributed by atoms with van der Waals surface area (Å²) >= 11 is 0. The molecule has 1 aromatic rings. The van der Waals surface area contributed by atoms with Gasteiger partial charge < -0.3 is 21.2 Å². The second-order valence-corrected chi connectivity index (χ2v) is 5.04. The molecule has 0 unspecified atom stereocenters. The van der Waals surface area contributed by atoms with Crippen LogP contribution in [0.25, 0.3) is 0 Å². The average molecular weight is 282 g/mol. The molecule has 0 aliphatic heterocycles. The molecule has 0 saturated carbocycles. The Labute approximate surface area is 119 Å². The quantitative estimate of drug-likeness (QED) is 0.232. The lowest BCUT2D eigenvalue weighted by Gasteiger charge is -2.21. The highest BCUT2D eigenvalue weighted by molar-refractivity contribution is 5.97. The first-order valence-corrected chi connectivity index (χ1v) is 6.63. The molecule has 1 rings (SSSR count). The van der Waals surface area contributed by atoms with E-state index in [0.29, 0.717) is 23.7 Å². The van der Waals surface area contributed by atoms with Crippen molar-refractivity contribution in [1.29, 1.82) is 0 Å². The number of nitrogens with zero attached hydrogens (tertiary/aromatic N) is 2. The number of likely N-dealkylation sites (N-methyl/N-ethyl adjacent to an activating group) is 1. The fraction of sp³-hybridized carbons (Fsp3) is 0.500. The third-order valence-corrected chi connectivity index (χ3v) is 3.29. The third-order valence-electron chi connectivity index (χ3n) is 3.29. The molecule has 4 N–H and O–H groups in total. The van der Waals surface area contributed by atoms with Crippen LogP contribution in [-0.2, 0) is 6.54 Å². The first kappa shape index (κ1) is 16.4. The van der Waals surface area contributed by atoms with Crippen molar-refractivity contribution >= 4 is 5.84 Å². The zero-order valence-electron chi connectivity index (χ0n) is 12.2. The Bertz CT molecular complexity index is 462. The molecule has 0 amide bonds. The van der Waals surface area contributed by atoms with Gasteiger partial charge in [-0.25, -0.2) is 4.39 Å². The molecule has 0 fully saturated rings. The van der Waals surface area contributed by atoms with E-state index >= 15 is 0 Å². The standard InChI is InChI=1S/C14H23FN4O/c1-10(2)19(3)7-6-17-9-12-5-4-11(8-13(12)15)14(16)18-20/h4-5,8,10,17,20H,6-7,9H2,1-3H3,(H2,16,18). The van der Waals surface area contributed by atoms with E-state index in [-0.39, 0.29) is 11.7 Å². The molecule has 0 saturated heterocycles. The molecule has 0 aliphatic carbocycles. The lowest BCUT2D eigenvalue weighted by molar-refractivity contribution is 0.273. The Balaban J connectivity index is 2.49. The minimum Gasteiger partial charge on any atom is -0.409 e. The predicted octanol–water partition coefficient (Wildman–Crippen LogP) is 1.35. The Morgan fingerprint density at radius 2 is 2.20 bits per heavy atom. The van der Waals surface area contributed by atoms with Crippen LogP contribution >= 0.6 is 0 Å². The molecule has 0 aromatic heterocycles. The number of halogens is 1. The lowest BCUT2D eigenvalue weighted by atomic mass is 10.1. The topological polar surface area (TPSA) is 73.9 Å². The Morgan fingerprint density at radius 3 is 2.75 bits per heavy atom. The van der Waals surface area contributed by atoms with Crippen LogP contribution < -0.4 is 11.1 Å². The minimum absolute atomic E-state index is 0.0954. The van der Waals surface area contributed by atoms with Crippen LogP contribution in [0, 0.1) is 5.82 Å². The van der Waals surface area contributed by atoms with Crippen molar-refractivity contribution in [3.05, 3.63) is 35.1 Å². The van der Waals surface area contributed by atoms with Gasteiger partial charge in [0.2, 0.25) is 0 Å². The first-order valence-electron chi connectivity index (χ1n) is 6.63. The maximum absolute atomic E-state index is 13.8. The molecular formula is C14H23FN4O. The van der Waals surface area contributed by atoms with E-state index < -0.39 is 0 Å². The zero-order chi connectivity index (χ0) is 15.1. The van der Waals surface area contributed by atoms with Crippen molar-refractivity contribution in [2.24, 2.45) is 10.9 Å². The van der Waals surface area contributed by atoms with Crippen LogP contribution in [0.5, 0.6) is 0 Å². The molecule has 0 heterocycles. The van der Waals surface area contributed by atoms with Crippen LogP contribution in [0.3, 0.4) is 0 Å². The van der Waals surface area contributed by atoms with Gasteiger partial charge in [0, 0.05) is 36.8 Å². The van der Waals surface area contributed by atoms with Crippen LogP contribution in [0.1, 0.15) is 25.0 Å². The molecule has 0 radical (unpaired) electrons. The third kappa shape index (κ3) is 4.79. The second-order valence-electron chi connectivity index (χ2n) is 5.04. The maximum Gasteiger partial charge on any atom is 0.170 e. The first-order chi connectivity index (χ1) is 9.45. The molecule has 0 bridgehead atoms. The molecule has 0 atom stereocenters. The summed E-state index contributed by atoms with van der Waals surface area (Å²) in [5.41, 5.74) is 6.34. The van der Waals surface area contributed by atoms with Crippen LogP contribution in [-0.4, -0.2) is 42.1 Å². The van der Waals surface area contributed by atoms with E-state index in [0.717, 1.165) is 13.1 Å². The van der Waals surface area contributed by atoms with Crippen LogP contribution in [0.4, 0.5) is 4.39 Å². The van der Waals surface area contributed by atoms with Gasteiger partial charge in [0.1, 0.15) is 5.82 Å². The second kappa shape index (κ2) is 7.81. The van der Waals surface area contributed by atoms with Gasteiger partial charge in [-0.05, 0) is 27.0 Å². The molecule has 0 aliphatic rings. The summed E-state index contributed by atoms with van der Waals surface area (Å²) < 4.78 is 13.8. The Kier molecular flexibility index (Phi) is 6.41. The number of oxime groups is 1. The summed E-state index contributed by atoms with van der Waals surface area (Å²) in [5.74, 6) is -0.458. The summed E-state index contributed by atoms with van der Waals surface area (Å²) in [5, 5.41) is 14.6. The van der Waals surface area contributed by atoms with Gasteiger partial charge in [0.05, 0.1) is 0 Å². The zero-order valence-corrected chi connectivity index (χ0v) is 12.2. The normalized spacial score (nSPS) is 12.4. The van der Waals surface area contributed by atoms with Crippen LogP contribution in [0.15, 0.2) is 23.4 Å². The predicted molar refractivity (Wildman–Crippen MR) is 78.4 cm³/mol. The van der Waals surface area contributed by atoms with E-state index in [1.165, 1.54) is 6.07 Å². The molecular weight excluding hydrogens is 259 g/mol. The number of benzene rings is 1. The number of amidine groups is 1. The number of nitrogens with two attached hydrogens (primary N) is 1. The summed E-state index contributed by atoms with van der Waals surface area (Å²) in [7, 11) is 2.05. The summed E-state index contributed by atoms with van der Waals surface area (Å²) in [6.07, 6.45) is 0. The number of hydrogen-bond donors (Lipinski definition) is 3. The van der Waals surface area contributed by atoms with Gasteiger partial charge in [-0.2, -0.15) is 0 Å². The van der Waals surface area contributed by atoms with Gasteiger partial charge in [0.25, 0.3) is 0 Å². The molecule has 5 nitrogen and oxygen atoms in total. The fourth-order valence-corrected chi connectivity index (χ4v) is 1.64. The highest BCUT2D eigenvalue weighted by atomic mass is 19.1. The molecule has 112 valence electrons. The highest BCUT2D eigenvalue weighted by Gasteiger charge is 2.07. The molecule has 1 aromatic carbocycles. The van der Waals surface area contributed by atoms with Crippen molar-refractivity contribution in [3.63, 3.8) is 0 Å². The summed E-state index contributed by atoms with van der Waals surface area (Å²) in [6.45, 7) is 6.41. The van der Waals surface area contributed by atoms with Gasteiger partial charge >= 0.3 is 0 Å². The van der Waals surface area contributed by atoms with E-state index in [9.17, 15) is 4.39 Å². The number of nitrogens with one attached hydrogen (secondary N) is 1. The highest BCUT2D eigenvalue weighted by Crippen LogP contribution is 2.10. The molecule has 20 heavy (non-hydrogen) atoms. The van der Waals surface area contributed by atoms with Crippen molar-refractivity contribution in [3.8, 4) is 0 Å².